The number of methoxy groups -OCH3 is 1. The largest absolute Gasteiger partial charge is 0.465 e. The number of anilines is 1. The molecule has 2 aliphatic rings. The van der Waals surface area contributed by atoms with Gasteiger partial charge in [0.1, 0.15) is 0 Å². The number of benzene rings is 1. The van der Waals surface area contributed by atoms with Crippen LogP contribution in [0.5, 0.6) is 0 Å². The molecule has 2 aromatic rings. The number of hydrogen-bond donors (Lipinski definition) is 1. The van der Waals surface area contributed by atoms with Gasteiger partial charge in [-0.25, -0.2) is 9.78 Å². The van der Waals surface area contributed by atoms with Gasteiger partial charge in [0.2, 0.25) is 5.95 Å². The molecule has 0 amide bonds. The van der Waals surface area contributed by atoms with Gasteiger partial charge in [0.25, 0.3) is 0 Å². The van der Waals surface area contributed by atoms with E-state index in [1.165, 1.54) is 51.2 Å². The lowest BCUT2D eigenvalue weighted by molar-refractivity contribution is 0.0601. The molecule has 1 heterocycles. The number of carbonyl (C=O) groups excluding carboxylic acids is 1. The zero-order chi connectivity index (χ0) is 20.8. The summed E-state index contributed by atoms with van der Waals surface area (Å²) in [6.07, 6.45) is 20.3. The van der Waals surface area contributed by atoms with Crippen molar-refractivity contribution >= 4 is 23.0 Å². The number of aromatic nitrogens is 2. The number of fused-ring (bicyclic) bond motifs is 1. The number of nitrogens with one attached hydrogen (secondary N) is 1. The molecular formula is C25H31N3O2. The number of rotatable bonds is 5. The zero-order valence-electron chi connectivity index (χ0n) is 17.8. The lowest BCUT2D eigenvalue weighted by Gasteiger charge is -2.21. The van der Waals surface area contributed by atoms with Gasteiger partial charge in [0.05, 0.1) is 23.7 Å². The summed E-state index contributed by atoms with van der Waals surface area (Å²) in [6.45, 7) is 0.776. The highest BCUT2D eigenvalue weighted by Gasteiger charge is 2.21. The molecule has 0 unspecified atom stereocenters. The highest BCUT2D eigenvalue weighted by Crippen LogP contribution is 2.34. The average molecular weight is 406 g/mol. The normalized spacial score (nSPS) is 21.7. The summed E-state index contributed by atoms with van der Waals surface area (Å²) in [7, 11) is 1.41. The Morgan fingerprint density at radius 2 is 2.00 bits per heavy atom. The SMILES string of the molecule is COC(=O)c1ccc2c(c1)nc(NC/C1=C/C=C\C=C/CC1)n2C1CCCCCC1. The van der Waals surface area contributed by atoms with Gasteiger partial charge < -0.3 is 14.6 Å². The summed E-state index contributed by atoms with van der Waals surface area (Å²) in [5, 5.41) is 3.61. The number of imidazole rings is 1. The van der Waals surface area contributed by atoms with Gasteiger partial charge in [-0.15, -0.1) is 0 Å². The molecule has 4 rings (SSSR count). The van der Waals surface area contributed by atoms with Crippen LogP contribution in [0.2, 0.25) is 0 Å². The molecule has 0 bridgehead atoms. The average Bonchev–Trinajstić information content (AvgIpc) is 2.90. The first-order valence-corrected chi connectivity index (χ1v) is 11.1. The van der Waals surface area contributed by atoms with Gasteiger partial charge in [-0.1, -0.05) is 61.6 Å². The fraction of sp³-hybridized carbons (Fsp3) is 0.440. The van der Waals surface area contributed by atoms with E-state index >= 15 is 0 Å². The van der Waals surface area contributed by atoms with Crippen molar-refractivity contribution in [2.24, 2.45) is 0 Å². The molecule has 30 heavy (non-hydrogen) atoms. The number of carbonyl (C=O) groups is 1. The first kappa shape index (κ1) is 20.5. The third kappa shape index (κ3) is 4.66. The second-order valence-corrected chi connectivity index (χ2v) is 8.18. The second-order valence-electron chi connectivity index (χ2n) is 8.18. The lowest BCUT2D eigenvalue weighted by Crippen LogP contribution is -2.15. The molecule has 0 saturated heterocycles. The van der Waals surface area contributed by atoms with E-state index in [0.717, 1.165) is 36.4 Å². The quantitative estimate of drug-likeness (QED) is 0.492. The highest BCUT2D eigenvalue weighted by atomic mass is 16.5. The van der Waals surface area contributed by atoms with Crippen LogP contribution in [0.3, 0.4) is 0 Å². The third-order valence-electron chi connectivity index (χ3n) is 6.10. The molecule has 2 aliphatic carbocycles. The molecule has 158 valence electrons. The molecule has 0 radical (unpaired) electrons. The van der Waals surface area contributed by atoms with Crippen molar-refractivity contribution in [3.8, 4) is 0 Å². The first-order chi connectivity index (χ1) is 14.8. The molecule has 0 aliphatic heterocycles. The highest BCUT2D eigenvalue weighted by molar-refractivity contribution is 5.94. The Morgan fingerprint density at radius 3 is 2.80 bits per heavy atom. The molecule has 1 aromatic heterocycles. The van der Waals surface area contributed by atoms with E-state index in [1.807, 2.05) is 18.2 Å². The van der Waals surface area contributed by atoms with Crippen LogP contribution in [0, 0.1) is 0 Å². The molecule has 1 aromatic carbocycles. The van der Waals surface area contributed by atoms with Crippen LogP contribution in [0.4, 0.5) is 5.95 Å². The van der Waals surface area contributed by atoms with E-state index < -0.39 is 0 Å². The maximum Gasteiger partial charge on any atom is 0.337 e. The van der Waals surface area contributed by atoms with E-state index in [0.29, 0.717) is 11.6 Å². The maximum absolute atomic E-state index is 12.0. The van der Waals surface area contributed by atoms with Gasteiger partial charge in [0.15, 0.2) is 0 Å². The van der Waals surface area contributed by atoms with Crippen LogP contribution in [-0.2, 0) is 4.74 Å². The standard InChI is InChI=1S/C25H31N3O2/c1-30-24(29)20-15-16-23-22(17-20)27-25(28(23)21-13-9-5-6-10-14-21)26-18-19-11-7-3-2-4-8-12-19/h2-4,7,11,15-17,21H,5-6,8-10,12-14,18H2,1H3,(H,26,27)/b4-2-,7-3-,19-11+. The molecule has 1 N–H and O–H groups in total. The minimum absolute atomic E-state index is 0.324. The Hall–Kier alpha value is -2.82. The summed E-state index contributed by atoms with van der Waals surface area (Å²) in [5.41, 5.74) is 3.85. The smallest absolute Gasteiger partial charge is 0.337 e. The van der Waals surface area contributed by atoms with Crippen molar-refractivity contribution in [2.75, 3.05) is 19.0 Å². The monoisotopic (exact) mass is 405 g/mol. The molecule has 1 saturated carbocycles. The summed E-state index contributed by atoms with van der Waals surface area (Å²) >= 11 is 0. The van der Waals surface area contributed by atoms with Crippen LogP contribution in [0.25, 0.3) is 11.0 Å². The minimum atomic E-state index is -0.324. The predicted octanol–water partition coefficient (Wildman–Crippen LogP) is 5.96. The number of nitrogens with zero attached hydrogens (tertiary/aromatic N) is 2. The van der Waals surface area contributed by atoms with Crippen molar-refractivity contribution in [3.63, 3.8) is 0 Å². The summed E-state index contributed by atoms with van der Waals surface area (Å²) in [4.78, 5) is 16.9. The summed E-state index contributed by atoms with van der Waals surface area (Å²) < 4.78 is 7.27. The van der Waals surface area contributed by atoms with Crippen LogP contribution < -0.4 is 5.32 Å². The van der Waals surface area contributed by atoms with Crippen molar-refractivity contribution in [1.29, 1.82) is 0 Å². The Balaban J connectivity index is 1.66. The van der Waals surface area contributed by atoms with Crippen molar-refractivity contribution < 1.29 is 9.53 Å². The molecule has 1 fully saturated rings. The number of esters is 1. The van der Waals surface area contributed by atoms with Crippen LogP contribution in [-0.4, -0.2) is 29.2 Å². The Labute approximate surface area is 178 Å². The van der Waals surface area contributed by atoms with E-state index in [1.54, 1.807) is 0 Å². The van der Waals surface area contributed by atoms with E-state index in [-0.39, 0.29) is 5.97 Å². The zero-order valence-corrected chi connectivity index (χ0v) is 17.8. The molecule has 5 nitrogen and oxygen atoms in total. The predicted molar refractivity (Wildman–Crippen MR) is 122 cm³/mol. The van der Waals surface area contributed by atoms with Gasteiger partial charge >= 0.3 is 5.97 Å². The molecule has 0 atom stereocenters. The van der Waals surface area contributed by atoms with Crippen molar-refractivity contribution in [3.05, 3.63) is 59.7 Å². The third-order valence-corrected chi connectivity index (χ3v) is 6.10. The van der Waals surface area contributed by atoms with Crippen LogP contribution in [0.1, 0.15) is 67.8 Å². The molecule has 5 heteroatoms. The Bertz CT molecular complexity index is 976. The topological polar surface area (TPSA) is 56.1 Å². The van der Waals surface area contributed by atoms with Gasteiger partial charge in [-0.3, -0.25) is 0 Å². The van der Waals surface area contributed by atoms with Crippen LogP contribution >= 0.6 is 0 Å². The van der Waals surface area contributed by atoms with Gasteiger partial charge in [-0.2, -0.15) is 0 Å². The number of hydrogen-bond acceptors (Lipinski definition) is 4. The van der Waals surface area contributed by atoms with Gasteiger partial charge in [-0.05, 0) is 43.9 Å². The fourth-order valence-corrected chi connectivity index (χ4v) is 4.48. The Kier molecular flexibility index (Phi) is 6.67. The second kappa shape index (κ2) is 9.79. The molecule has 0 spiro atoms. The fourth-order valence-electron chi connectivity index (χ4n) is 4.48. The maximum atomic E-state index is 12.0. The van der Waals surface area contributed by atoms with Gasteiger partial charge in [0, 0.05) is 12.6 Å². The van der Waals surface area contributed by atoms with E-state index in [9.17, 15) is 4.79 Å². The Morgan fingerprint density at radius 1 is 1.17 bits per heavy atom. The van der Waals surface area contributed by atoms with Crippen molar-refractivity contribution in [1.82, 2.24) is 9.55 Å². The summed E-state index contributed by atoms with van der Waals surface area (Å²) in [5.74, 6) is 0.580. The van der Waals surface area contributed by atoms with E-state index in [2.05, 4.69) is 40.3 Å². The lowest BCUT2D eigenvalue weighted by atomic mass is 10.1. The first-order valence-electron chi connectivity index (χ1n) is 11.1. The minimum Gasteiger partial charge on any atom is -0.465 e. The number of allylic oxidation sites excluding steroid dienone is 5. The number of ether oxygens (including phenoxy) is 1. The molecular weight excluding hydrogens is 374 g/mol. The van der Waals surface area contributed by atoms with Crippen molar-refractivity contribution in [2.45, 2.75) is 57.4 Å². The van der Waals surface area contributed by atoms with Crippen LogP contribution in [0.15, 0.2) is 54.2 Å². The summed E-state index contributed by atoms with van der Waals surface area (Å²) in [6, 6.07) is 6.16. The van der Waals surface area contributed by atoms with E-state index in [4.69, 9.17) is 9.72 Å².